The van der Waals surface area contributed by atoms with Crippen molar-refractivity contribution in [2.75, 3.05) is 16.6 Å². The van der Waals surface area contributed by atoms with E-state index in [4.69, 9.17) is 0 Å². The predicted octanol–water partition coefficient (Wildman–Crippen LogP) is 2.69. The standard InChI is InChI=1S/C18H19FN2O3S/c19-17-6-2-1-5-15(17)13-20-18(22)14-7-9-16(10-8-14)21-11-3-4-12-25(21,23)24/h1-2,5-10H,3-4,11-13H2,(H,20,22). The SMILES string of the molecule is O=C(NCc1ccccc1F)c1ccc(N2CCCCS2(=O)=O)cc1. The highest BCUT2D eigenvalue weighted by Crippen LogP contribution is 2.23. The first kappa shape index (κ1) is 17.4. The smallest absolute Gasteiger partial charge is 0.251 e. The van der Waals surface area contributed by atoms with Crippen molar-refractivity contribution in [1.29, 1.82) is 0 Å². The lowest BCUT2D eigenvalue weighted by Crippen LogP contribution is -2.37. The minimum Gasteiger partial charge on any atom is -0.348 e. The molecule has 1 fully saturated rings. The maximum atomic E-state index is 13.6. The van der Waals surface area contributed by atoms with Crippen LogP contribution in [0.25, 0.3) is 0 Å². The fourth-order valence-corrected chi connectivity index (χ4v) is 4.42. The Morgan fingerprint density at radius 3 is 2.48 bits per heavy atom. The van der Waals surface area contributed by atoms with Crippen molar-refractivity contribution in [1.82, 2.24) is 5.32 Å². The number of amides is 1. The molecule has 2 aromatic carbocycles. The van der Waals surface area contributed by atoms with E-state index in [0.29, 0.717) is 29.8 Å². The fourth-order valence-electron chi connectivity index (χ4n) is 2.78. The zero-order valence-corrected chi connectivity index (χ0v) is 14.4. The van der Waals surface area contributed by atoms with Crippen molar-refractivity contribution in [2.45, 2.75) is 19.4 Å². The van der Waals surface area contributed by atoms with Crippen molar-refractivity contribution in [3.63, 3.8) is 0 Å². The first-order chi connectivity index (χ1) is 12.0. The van der Waals surface area contributed by atoms with Crippen LogP contribution >= 0.6 is 0 Å². The summed E-state index contributed by atoms with van der Waals surface area (Å²) in [4.78, 5) is 12.2. The molecule has 1 heterocycles. The van der Waals surface area contributed by atoms with E-state index in [-0.39, 0.29) is 24.0 Å². The Hall–Kier alpha value is -2.41. The van der Waals surface area contributed by atoms with Crippen LogP contribution in [-0.4, -0.2) is 26.6 Å². The second-order valence-electron chi connectivity index (χ2n) is 5.92. The van der Waals surface area contributed by atoms with Crippen LogP contribution in [0.1, 0.15) is 28.8 Å². The zero-order chi connectivity index (χ0) is 17.9. The third-order valence-electron chi connectivity index (χ3n) is 4.16. The van der Waals surface area contributed by atoms with Crippen molar-refractivity contribution in [3.05, 3.63) is 65.5 Å². The molecule has 1 aliphatic rings. The van der Waals surface area contributed by atoms with Gasteiger partial charge >= 0.3 is 0 Å². The lowest BCUT2D eigenvalue weighted by Gasteiger charge is -2.28. The van der Waals surface area contributed by atoms with E-state index in [9.17, 15) is 17.6 Å². The van der Waals surface area contributed by atoms with E-state index < -0.39 is 10.0 Å². The molecule has 0 unspecified atom stereocenters. The number of nitrogens with one attached hydrogen (secondary N) is 1. The Bertz CT molecular complexity index is 866. The van der Waals surface area contributed by atoms with Crippen LogP contribution in [0, 0.1) is 5.82 Å². The molecule has 5 nitrogen and oxygen atoms in total. The monoisotopic (exact) mass is 362 g/mol. The van der Waals surface area contributed by atoms with E-state index in [1.165, 1.54) is 10.4 Å². The van der Waals surface area contributed by atoms with Crippen molar-refractivity contribution < 1.29 is 17.6 Å². The molecule has 132 valence electrons. The molecule has 0 spiro atoms. The van der Waals surface area contributed by atoms with E-state index in [2.05, 4.69) is 5.32 Å². The van der Waals surface area contributed by atoms with Crippen LogP contribution in [-0.2, 0) is 16.6 Å². The first-order valence-electron chi connectivity index (χ1n) is 8.09. The van der Waals surface area contributed by atoms with Crippen molar-refractivity contribution in [2.24, 2.45) is 0 Å². The molecule has 0 saturated carbocycles. The average molecular weight is 362 g/mol. The summed E-state index contributed by atoms with van der Waals surface area (Å²) in [5, 5.41) is 2.66. The van der Waals surface area contributed by atoms with Crippen LogP contribution in [0.3, 0.4) is 0 Å². The number of rotatable bonds is 4. The van der Waals surface area contributed by atoms with E-state index in [0.717, 1.165) is 6.42 Å². The molecule has 0 bridgehead atoms. The van der Waals surface area contributed by atoms with Gasteiger partial charge in [0.25, 0.3) is 5.91 Å². The van der Waals surface area contributed by atoms with Crippen molar-refractivity contribution >= 4 is 21.6 Å². The molecule has 7 heteroatoms. The third-order valence-corrected chi connectivity index (χ3v) is 6.03. The number of hydrogen-bond donors (Lipinski definition) is 1. The van der Waals surface area contributed by atoms with Gasteiger partial charge in [-0.25, -0.2) is 12.8 Å². The summed E-state index contributed by atoms with van der Waals surface area (Å²) < 4.78 is 39.2. The maximum absolute atomic E-state index is 13.6. The van der Waals surface area contributed by atoms with Gasteiger partial charge in [-0.1, -0.05) is 18.2 Å². The summed E-state index contributed by atoms with van der Waals surface area (Å²) in [5.74, 6) is -0.553. The minimum absolute atomic E-state index is 0.0910. The third kappa shape index (κ3) is 3.99. The lowest BCUT2D eigenvalue weighted by atomic mass is 10.1. The summed E-state index contributed by atoms with van der Waals surface area (Å²) in [6, 6.07) is 12.7. The summed E-state index contributed by atoms with van der Waals surface area (Å²) in [7, 11) is -3.27. The Kier molecular flexibility index (Phi) is 5.03. The van der Waals surface area contributed by atoms with Crippen LogP contribution in [0.4, 0.5) is 10.1 Å². The van der Waals surface area contributed by atoms with Gasteiger partial charge in [-0.05, 0) is 43.2 Å². The molecule has 0 aromatic heterocycles. The Morgan fingerprint density at radius 2 is 1.80 bits per heavy atom. The highest BCUT2D eigenvalue weighted by atomic mass is 32.2. The number of sulfonamides is 1. The van der Waals surface area contributed by atoms with Gasteiger partial charge in [0.15, 0.2) is 0 Å². The highest BCUT2D eigenvalue weighted by molar-refractivity contribution is 7.92. The number of benzene rings is 2. The average Bonchev–Trinajstić information content (AvgIpc) is 2.61. The van der Waals surface area contributed by atoms with Gasteiger partial charge in [-0.2, -0.15) is 0 Å². The Balaban J connectivity index is 1.67. The lowest BCUT2D eigenvalue weighted by molar-refractivity contribution is 0.0950. The normalized spacial score (nSPS) is 16.4. The maximum Gasteiger partial charge on any atom is 0.251 e. The molecule has 0 atom stereocenters. The van der Waals surface area contributed by atoms with Gasteiger partial charge in [0, 0.05) is 24.2 Å². The van der Waals surface area contributed by atoms with Gasteiger partial charge in [0.1, 0.15) is 5.82 Å². The molecule has 1 N–H and O–H groups in total. The number of carbonyl (C=O) groups excluding carboxylic acids is 1. The molecule has 0 radical (unpaired) electrons. The molecule has 1 amide bonds. The van der Waals surface area contributed by atoms with E-state index in [1.807, 2.05) is 0 Å². The second kappa shape index (κ2) is 7.23. The van der Waals surface area contributed by atoms with Crippen LogP contribution < -0.4 is 9.62 Å². The molecule has 3 rings (SSSR count). The van der Waals surface area contributed by atoms with Gasteiger partial charge in [0.05, 0.1) is 11.4 Å². The molecule has 1 saturated heterocycles. The first-order valence-corrected chi connectivity index (χ1v) is 9.70. The van der Waals surface area contributed by atoms with Gasteiger partial charge < -0.3 is 5.32 Å². The van der Waals surface area contributed by atoms with E-state index in [1.54, 1.807) is 42.5 Å². The quantitative estimate of drug-likeness (QED) is 0.909. The summed E-state index contributed by atoms with van der Waals surface area (Å²) in [5.41, 5.74) is 1.37. The largest absolute Gasteiger partial charge is 0.348 e. The molecular weight excluding hydrogens is 343 g/mol. The summed E-state index contributed by atoms with van der Waals surface area (Å²) in [6.45, 7) is 0.551. The van der Waals surface area contributed by atoms with Gasteiger partial charge in [0.2, 0.25) is 10.0 Å². The molecule has 0 aliphatic carbocycles. The number of nitrogens with zero attached hydrogens (tertiary/aromatic N) is 1. The summed E-state index contributed by atoms with van der Waals surface area (Å²) in [6.07, 6.45) is 1.50. The van der Waals surface area contributed by atoms with Crippen LogP contribution in [0.15, 0.2) is 48.5 Å². The predicted molar refractivity (Wildman–Crippen MR) is 94.4 cm³/mol. The second-order valence-corrected chi connectivity index (χ2v) is 7.93. The van der Waals surface area contributed by atoms with Gasteiger partial charge in [-0.3, -0.25) is 9.10 Å². The zero-order valence-electron chi connectivity index (χ0n) is 13.6. The van der Waals surface area contributed by atoms with Gasteiger partial charge in [-0.15, -0.1) is 0 Å². The van der Waals surface area contributed by atoms with Crippen molar-refractivity contribution in [3.8, 4) is 0 Å². The van der Waals surface area contributed by atoms with Crippen LogP contribution in [0.2, 0.25) is 0 Å². The number of halogens is 1. The Labute approximate surface area is 146 Å². The molecular formula is C18H19FN2O3S. The molecule has 2 aromatic rings. The molecule has 25 heavy (non-hydrogen) atoms. The number of carbonyl (C=O) groups is 1. The fraction of sp³-hybridized carbons (Fsp3) is 0.278. The number of hydrogen-bond acceptors (Lipinski definition) is 3. The Morgan fingerprint density at radius 1 is 1.08 bits per heavy atom. The summed E-state index contributed by atoms with van der Waals surface area (Å²) >= 11 is 0. The van der Waals surface area contributed by atoms with E-state index >= 15 is 0 Å². The molecule has 1 aliphatic heterocycles. The van der Waals surface area contributed by atoms with Crippen LogP contribution in [0.5, 0.6) is 0 Å². The topological polar surface area (TPSA) is 66.5 Å². The minimum atomic E-state index is -3.27. The highest BCUT2D eigenvalue weighted by Gasteiger charge is 2.25. The number of anilines is 1.